The highest BCUT2D eigenvalue weighted by molar-refractivity contribution is 7.99. The van der Waals surface area contributed by atoms with Crippen molar-refractivity contribution < 1.29 is 23.8 Å². The molecular formula is C20H19FN4O4S. The number of carbonyl (C=O) groups excluding carboxylic acids is 1. The number of aromatic nitrogens is 3. The minimum absolute atomic E-state index is 0.0786. The van der Waals surface area contributed by atoms with E-state index < -0.39 is 17.9 Å². The van der Waals surface area contributed by atoms with Gasteiger partial charge in [0.05, 0.1) is 11.3 Å². The Hall–Kier alpha value is -3.40. The van der Waals surface area contributed by atoms with Crippen molar-refractivity contribution in [3.05, 3.63) is 65.7 Å². The molecule has 1 aromatic heterocycles. The summed E-state index contributed by atoms with van der Waals surface area (Å²) >= 11 is 1.18. The third kappa shape index (κ3) is 5.15. The van der Waals surface area contributed by atoms with E-state index in [1.54, 1.807) is 30.7 Å². The molecule has 0 aliphatic carbocycles. The van der Waals surface area contributed by atoms with Crippen LogP contribution >= 0.6 is 11.8 Å². The van der Waals surface area contributed by atoms with Crippen LogP contribution in [0.15, 0.2) is 53.7 Å². The number of amides is 1. The molecular weight excluding hydrogens is 411 g/mol. The monoisotopic (exact) mass is 430 g/mol. The van der Waals surface area contributed by atoms with Gasteiger partial charge < -0.3 is 19.7 Å². The van der Waals surface area contributed by atoms with Crippen LogP contribution in [0.4, 0.5) is 10.1 Å². The zero-order valence-corrected chi connectivity index (χ0v) is 17.0. The number of carboxylic acid groups (broad SMARTS) is 1. The van der Waals surface area contributed by atoms with Crippen LogP contribution in [-0.2, 0) is 11.8 Å². The van der Waals surface area contributed by atoms with Gasteiger partial charge in [-0.3, -0.25) is 4.79 Å². The quantitative estimate of drug-likeness (QED) is 0.527. The molecule has 0 saturated heterocycles. The number of hydrogen-bond donors (Lipinski definition) is 2. The van der Waals surface area contributed by atoms with E-state index in [9.17, 15) is 14.0 Å². The number of aromatic carboxylic acids is 1. The van der Waals surface area contributed by atoms with Crippen LogP contribution in [-0.4, -0.2) is 37.5 Å². The summed E-state index contributed by atoms with van der Waals surface area (Å²) in [6.07, 6.45) is -0.546. The second kappa shape index (κ2) is 9.40. The third-order valence-corrected chi connectivity index (χ3v) is 5.14. The topological polar surface area (TPSA) is 106 Å². The number of nitrogens with one attached hydrogen (secondary N) is 1. The number of halogens is 1. The Morgan fingerprint density at radius 1 is 1.20 bits per heavy atom. The van der Waals surface area contributed by atoms with Gasteiger partial charge in [-0.2, -0.15) is 0 Å². The highest BCUT2D eigenvalue weighted by Crippen LogP contribution is 2.25. The van der Waals surface area contributed by atoms with Crippen LogP contribution < -0.4 is 10.1 Å². The summed E-state index contributed by atoms with van der Waals surface area (Å²) in [4.78, 5) is 23.0. The summed E-state index contributed by atoms with van der Waals surface area (Å²) in [7, 11) is 1.74. The van der Waals surface area contributed by atoms with E-state index in [1.807, 2.05) is 0 Å². The Balaban J connectivity index is 1.57. The third-order valence-electron chi connectivity index (χ3n) is 4.12. The smallest absolute Gasteiger partial charge is 0.335 e. The van der Waals surface area contributed by atoms with Crippen LogP contribution in [0.1, 0.15) is 29.2 Å². The summed E-state index contributed by atoms with van der Waals surface area (Å²) in [5.74, 6) is -1.08. The van der Waals surface area contributed by atoms with E-state index >= 15 is 0 Å². The molecule has 3 rings (SSSR count). The maximum Gasteiger partial charge on any atom is 0.335 e. The molecule has 0 spiro atoms. The number of hydrogen-bond acceptors (Lipinski definition) is 6. The number of para-hydroxylation sites is 1. The largest absolute Gasteiger partial charge is 0.480 e. The second-order valence-corrected chi connectivity index (χ2v) is 7.25. The van der Waals surface area contributed by atoms with Gasteiger partial charge >= 0.3 is 5.97 Å². The molecule has 0 aliphatic heterocycles. The van der Waals surface area contributed by atoms with Gasteiger partial charge in [-0.15, -0.1) is 10.2 Å². The molecule has 2 aromatic carbocycles. The first-order chi connectivity index (χ1) is 14.3. The molecule has 1 amide bonds. The highest BCUT2D eigenvalue weighted by atomic mass is 32.2. The first kappa shape index (κ1) is 21.3. The number of ether oxygens (including phenoxy) is 1. The van der Waals surface area contributed by atoms with Crippen molar-refractivity contribution in [2.75, 3.05) is 11.1 Å². The summed E-state index contributed by atoms with van der Waals surface area (Å²) in [5, 5.41) is 20.2. The van der Waals surface area contributed by atoms with Gasteiger partial charge in [0, 0.05) is 12.7 Å². The van der Waals surface area contributed by atoms with E-state index in [2.05, 4.69) is 15.5 Å². The van der Waals surface area contributed by atoms with Crippen LogP contribution in [0.2, 0.25) is 0 Å². The Kier molecular flexibility index (Phi) is 6.68. The minimum atomic E-state index is -1.03. The van der Waals surface area contributed by atoms with E-state index in [1.165, 1.54) is 48.2 Å². The molecule has 8 nitrogen and oxygen atoms in total. The van der Waals surface area contributed by atoms with E-state index in [0.29, 0.717) is 16.7 Å². The number of rotatable bonds is 8. The van der Waals surface area contributed by atoms with Crippen LogP contribution in [0.5, 0.6) is 5.75 Å². The van der Waals surface area contributed by atoms with Crippen molar-refractivity contribution >= 4 is 29.3 Å². The maximum absolute atomic E-state index is 13.8. The maximum atomic E-state index is 13.8. The summed E-state index contributed by atoms with van der Waals surface area (Å²) in [6.45, 7) is 1.73. The minimum Gasteiger partial charge on any atom is -0.480 e. The highest BCUT2D eigenvalue weighted by Gasteiger charge is 2.19. The predicted octanol–water partition coefficient (Wildman–Crippen LogP) is 3.52. The first-order valence-corrected chi connectivity index (χ1v) is 9.90. The second-order valence-electron chi connectivity index (χ2n) is 6.31. The van der Waals surface area contributed by atoms with Gasteiger partial charge in [-0.05, 0) is 43.3 Å². The van der Waals surface area contributed by atoms with E-state index in [-0.39, 0.29) is 23.0 Å². The summed E-state index contributed by atoms with van der Waals surface area (Å²) in [5.41, 5.74) is 0.636. The molecule has 3 aromatic rings. The van der Waals surface area contributed by atoms with Crippen molar-refractivity contribution in [3.63, 3.8) is 0 Å². The number of benzene rings is 2. The van der Waals surface area contributed by atoms with Crippen molar-refractivity contribution in [1.82, 2.24) is 14.8 Å². The molecule has 1 atom stereocenters. The molecule has 1 heterocycles. The lowest BCUT2D eigenvalue weighted by Gasteiger charge is -2.14. The normalized spacial score (nSPS) is 11.7. The molecule has 156 valence electrons. The van der Waals surface area contributed by atoms with Gasteiger partial charge in [-0.25, -0.2) is 9.18 Å². The van der Waals surface area contributed by atoms with Crippen molar-refractivity contribution in [2.45, 2.75) is 18.2 Å². The molecule has 2 N–H and O–H groups in total. The standard InChI is InChI=1S/C20H19FN4O4S/c1-12(29-16-6-4-3-5-15(16)21)18-23-24-20(25(18)2)30-11-17(26)22-14-9-7-13(8-10-14)19(27)28/h3-10,12H,11H2,1-2H3,(H,22,26)(H,27,28). The first-order valence-electron chi connectivity index (χ1n) is 8.91. The fourth-order valence-corrected chi connectivity index (χ4v) is 3.33. The molecule has 10 heteroatoms. The number of carbonyl (C=O) groups is 2. The van der Waals surface area contributed by atoms with Crippen molar-refractivity contribution in [2.24, 2.45) is 7.05 Å². The molecule has 0 radical (unpaired) electrons. The van der Waals surface area contributed by atoms with Crippen LogP contribution in [0.3, 0.4) is 0 Å². The molecule has 0 bridgehead atoms. The van der Waals surface area contributed by atoms with E-state index in [4.69, 9.17) is 9.84 Å². The Bertz CT molecular complexity index is 1060. The summed E-state index contributed by atoms with van der Waals surface area (Å²) in [6, 6.07) is 12.0. The molecule has 0 saturated carbocycles. The predicted molar refractivity (Wildman–Crippen MR) is 109 cm³/mol. The lowest BCUT2D eigenvalue weighted by Crippen LogP contribution is -2.15. The SMILES string of the molecule is CC(Oc1ccccc1F)c1nnc(SCC(=O)Nc2ccc(C(=O)O)cc2)n1C. The zero-order chi connectivity index (χ0) is 21.7. The Morgan fingerprint density at radius 2 is 1.90 bits per heavy atom. The van der Waals surface area contributed by atoms with Crippen molar-refractivity contribution in [1.29, 1.82) is 0 Å². The lowest BCUT2D eigenvalue weighted by molar-refractivity contribution is -0.113. The van der Waals surface area contributed by atoms with Gasteiger partial charge in [-0.1, -0.05) is 23.9 Å². The van der Waals surface area contributed by atoms with Gasteiger partial charge in [0.15, 0.2) is 28.7 Å². The fourth-order valence-electron chi connectivity index (χ4n) is 2.61. The van der Waals surface area contributed by atoms with E-state index in [0.717, 1.165) is 0 Å². The molecule has 30 heavy (non-hydrogen) atoms. The number of nitrogens with zero attached hydrogens (tertiary/aromatic N) is 3. The Morgan fingerprint density at radius 3 is 2.57 bits per heavy atom. The fraction of sp³-hybridized carbons (Fsp3) is 0.200. The average Bonchev–Trinajstić information content (AvgIpc) is 3.09. The molecule has 1 unspecified atom stereocenters. The summed E-state index contributed by atoms with van der Waals surface area (Å²) < 4.78 is 21.1. The number of thioether (sulfide) groups is 1. The molecule has 0 aliphatic rings. The number of anilines is 1. The van der Waals surface area contributed by atoms with Crippen LogP contribution in [0.25, 0.3) is 0 Å². The van der Waals surface area contributed by atoms with Gasteiger partial charge in [0.1, 0.15) is 0 Å². The zero-order valence-electron chi connectivity index (χ0n) is 16.2. The average molecular weight is 430 g/mol. The van der Waals surface area contributed by atoms with Gasteiger partial charge in [0.25, 0.3) is 0 Å². The van der Waals surface area contributed by atoms with Crippen molar-refractivity contribution in [3.8, 4) is 5.75 Å². The molecule has 0 fully saturated rings. The number of carboxylic acids is 1. The van der Waals surface area contributed by atoms with Gasteiger partial charge in [0.2, 0.25) is 5.91 Å². The lowest BCUT2D eigenvalue weighted by atomic mass is 10.2. The van der Waals surface area contributed by atoms with Crippen LogP contribution in [0, 0.1) is 5.82 Å². The Labute approximate surface area is 176 Å².